The number of carbonyl (C=O) groups is 1. The number of nitrogens with zero attached hydrogens (tertiary/aromatic N) is 3. The first-order chi connectivity index (χ1) is 12.1. The molecule has 1 aromatic heterocycles. The first-order valence-corrected chi connectivity index (χ1v) is 8.76. The van der Waals surface area contributed by atoms with Crippen LogP contribution in [0.15, 0.2) is 18.5 Å². The van der Waals surface area contributed by atoms with Crippen LogP contribution in [0.25, 0.3) is 0 Å². The van der Waals surface area contributed by atoms with Crippen molar-refractivity contribution in [1.82, 2.24) is 20.2 Å². The average molecular weight is 354 g/mol. The Kier molecular flexibility index (Phi) is 5.90. The van der Waals surface area contributed by atoms with Crippen molar-refractivity contribution in [2.75, 3.05) is 32.8 Å². The van der Waals surface area contributed by atoms with Crippen LogP contribution in [-0.2, 0) is 16.1 Å². The Morgan fingerprint density at radius 3 is 2.72 bits per heavy atom. The fourth-order valence-corrected chi connectivity index (χ4v) is 3.49. The summed E-state index contributed by atoms with van der Waals surface area (Å²) < 4.78 is 32.4. The van der Waals surface area contributed by atoms with E-state index in [1.807, 2.05) is 0 Å². The van der Waals surface area contributed by atoms with E-state index in [-0.39, 0.29) is 30.7 Å². The van der Waals surface area contributed by atoms with Gasteiger partial charge >= 0.3 is 0 Å². The van der Waals surface area contributed by atoms with Crippen LogP contribution >= 0.6 is 0 Å². The molecule has 1 N–H and O–H groups in total. The van der Waals surface area contributed by atoms with Crippen LogP contribution < -0.4 is 5.32 Å². The number of rotatable bonds is 6. The monoisotopic (exact) mass is 354 g/mol. The summed E-state index contributed by atoms with van der Waals surface area (Å²) in [5.41, 5.74) is 0. The number of carbonyl (C=O) groups excluding carboxylic acids is 1. The third-order valence-corrected chi connectivity index (χ3v) is 4.90. The van der Waals surface area contributed by atoms with Gasteiger partial charge in [0, 0.05) is 45.1 Å². The van der Waals surface area contributed by atoms with Crippen LogP contribution in [0, 0.1) is 11.8 Å². The van der Waals surface area contributed by atoms with Gasteiger partial charge in [0.1, 0.15) is 5.82 Å². The molecule has 0 aromatic carbocycles. The molecule has 0 radical (unpaired) electrons. The van der Waals surface area contributed by atoms with Crippen molar-refractivity contribution in [2.24, 2.45) is 11.8 Å². The lowest BCUT2D eigenvalue weighted by molar-refractivity contribution is -0.139. The Morgan fingerprint density at radius 1 is 1.36 bits per heavy atom. The molecule has 0 saturated carbocycles. The van der Waals surface area contributed by atoms with Gasteiger partial charge in [-0.3, -0.25) is 4.79 Å². The summed E-state index contributed by atoms with van der Waals surface area (Å²) in [6.45, 7) is 1.79. The van der Waals surface area contributed by atoms with E-state index in [0.29, 0.717) is 32.1 Å². The Balaban J connectivity index is 1.61. The van der Waals surface area contributed by atoms with Gasteiger partial charge < -0.3 is 15.0 Å². The van der Waals surface area contributed by atoms with Crippen LogP contribution in [-0.4, -0.2) is 59.5 Å². The number of nitrogens with one attached hydrogen (secondary N) is 1. The number of likely N-dealkylation sites (tertiary alicyclic amines) is 1. The van der Waals surface area contributed by atoms with Gasteiger partial charge in [-0.15, -0.1) is 0 Å². The molecule has 1 amide bonds. The quantitative estimate of drug-likeness (QED) is 0.838. The fraction of sp³-hybridized carbons (Fsp3) is 0.706. The zero-order chi connectivity index (χ0) is 17.7. The van der Waals surface area contributed by atoms with E-state index in [0.717, 1.165) is 12.8 Å². The van der Waals surface area contributed by atoms with E-state index in [9.17, 15) is 13.6 Å². The highest BCUT2D eigenvalue weighted by atomic mass is 19.3. The smallest absolute Gasteiger partial charge is 0.267 e. The van der Waals surface area contributed by atoms with Crippen molar-refractivity contribution in [2.45, 2.75) is 31.7 Å². The Labute approximate surface area is 146 Å². The molecule has 1 unspecified atom stereocenters. The molecule has 1 aromatic rings. The summed E-state index contributed by atoms with van der Waals surface area (Å²) in [5.74, 6) is -2.46. The summed E-state index contributed by atoms with van der Waals surface area (Å²) in [7, 11) is 0. The van der Waals surface area contributed by atoms with E-state index >= 15 is 0 Å². The normalized spacial score (nSPS) is 22.1. The lowest BCUT2D eigenvalue weighted by atomic mass is 9.85. The highest BCUT2D eigenvalue weighted by Crippen LogP contribution is 2.31. The predicted molar refractivity (Wildman–Crippen MR) is 86.9 cm³/mol. The molecule has 8 heteroatoms. The minimum absolute atomic E-state index is 0.132. The van der Waals surface area contributed by atoms with Gasteiger partial charge in [-0.1, -0.05) is 0 Å². The molecule has 0 bridgehead atoms. The zero-order valence-corrected chi connectivity index (χ0v) is 14.2. The molecule has 3 heterocycles. The van der Waals surface area contributed by atoms with Crippen LogP contribution in [0.5, 0.6) is 0 Å². The predicted octanol–water partition coefficient (Wildman–Crippen LogP) is 1.48. The van der Waals surface area contributed by atoms with Gasteiger partial charge in [0.15, 0.2) is 0 Å². The molecule has 2 aliphatic rings. The number of amides is 1. The van der Waals surface area contributed by atoms with E-state index in [1.54, 1.807) is 18.5 Å². The minimum atomic E-state index is -2.76. The van der Waals surface area contributed by atoms with E-state index < -0.39 is 12.5 Å². The number of aromatic nitrogens is 2. The number of alkyl halides is 2. The van der Waals surface area contributed by atoms with Gasteiger partial charge in [0.05, 0.1) is 19.0 Å². The van der Waals surface area contributed by atoms with Gasteiger partial charge in [-0.2, -0.15) is 0 Å². The summed E-state index contributed by atoms with van der Waals surface area (Å²) in [6.07, 6.45) is 4.65. The Morgan fingerprint density at radius 2 is 2.08 bits per heavy atom. The third kappa shape index (κ3) is 4.92. The van der Waals surface area contributed by atoms with Crippen LogP contribution in [0.2, 0.25) is 0 Å². The number of hydrogen-bond acceptors (Lipinski definition) is 5. The van der Waals surface area contributed by atoms with Crippen LogP contribution in [0.1, 0.15) is 25.1 Å². The lowest BCUT2D eigenvalue weighted by Crippen LogP contribution is -2.44. The lowest BCUT2D eigenvalue weighted by Gasteiger charge is -2.32. The highest BCUT2D eigenvalue weighted by molar-refractivity contribution is 5.79. The second-order valence-electron chi connectivity index (χ2n) is 6.72. The molecule has 6 nitrogen and oxygen atoms in total. The van der Waals surface area contributed by atoms with Crippen molar-refractivity contribution in [3.05, 3.63) is 24.3 Å². The summed E-state index contributed by atoms with van der Waals surface area (Å²) in [6, 6.07) is 1.74. The Bertz CT molecular complexity index is 567. The molecule has 3 rings (SSSR count). The van der Waals surface area contributed by atoms with Crippen molar-refractivity contribution in [3.8, 4) is 0 Å². The first-order valence-electron chi connectivity index (χ1n) is 8.76. The van der Waals surface area contributed by atoms with Crippen molar-refractivity contribution in [3.63, 3.8) is 0 Å². The van der Waals surface area contributed by atoms with Gasteiger partial charge in [0.25, 0.3) is 5.92 Å². The summed E-state index contributed by atoms with van der Waals surface area (Å²) in [5, 5.41) is 3.22. The standard InChI is InChI=1S/C17H24F2N4O2/c18-17(19)4-7-23(12-17)16(24)14(13-2-8-25-9-3-13)10-20-11-15-21-5-1-6-22-15/h1,5-6,13-14,20H,2-4,7-12H2. The fourth-order valence-electron chi connectivity index (χ4n) is 3.49. The molecule has 2 saturated heterocycles. The van der Waals surface area contributed by atoms with E-state index in [1.165, 1.54) is 4.90 Å². The molecule has 2 aliphatic heterocycles. The second kappa shape index (κ2) is 8.14. The average Bonchev–Trinajstić information content (AvgIpc) is 3.00. The third-order valence-electron chi connectivity index (χ3n) is 4.90. The Hall–Kier alpha value is -1.67. The summed E-state index contributed by atoms with van der Waals surface area (Å²) >= 11 is 0. The molecule has 0 spiro atoms. The number of ether oxygens (including phenoxy) is 1. The maximum atomic E-state index is 13.5. The maximum Gasteiger partial charge on any atom is 0.267 e. The molecule has 25 heavy (non-hydrogen) atoms. The molecule has 0 aliphatic carbocycles. The molecular weight excluding hydrogens is 330 g/mol. The van der Waals surface area contributed by atoms with E-state index in [2.05, 4.69) is 15.3 Å². The van der Waals surface area contributed by atoms with E-state index in [4.69, 9.17) is 4.74 Å². The van der Waals surface area contributed by atoms with Gasteiger partial charge in [-0.05, 0) is 24.8 Å². The topological polar surface area (TPSA) is 67.3 Å². The number of hydrogen-bond donors (Lipinski definition) is 1. The maximum absolute atomic E-state index is 13.5. The van der Waals surface area contributed by atoms with Gasteiger partial charge in [-0.25, -0.2) is 18.7 Å². The molecular formula is C17H24F2N4O2. The van der Waals surface area contributed by atoms with Crippen molar-refractivity contribution in [1.29, 1.82) is 0 Å². The highest BCUT2D eigenvalue weighted by Gasteiger charge is 2.43. The first kappa shape index (κ1) is 18.1. The summed E-state index contributed by atoms with van der Waals surface area (Å²) in [4.78, 5) is 22.5. The van der Waals surface area contributed by atoms with Crippen molar-refractivity contribution >= 4 is 5.91 Å². The SMILES string of the molecule is O=C(C(CNCc1ncccn1)C1CCOCC1)N1CCC(F)(F)C1. The molecule has 1 atom stereocenters. The largest absolute Gasteiger partial charge is 0.381 e. The number of halogens is 2. The second-order valence-corrected chi connectivity index (χ2v) is 6.72. The molecule has 2 fully saturated rings. The zero-order valence-electron chi connectivity index (χ0n) is 14.2. The van der Waals surface area contributed by atoms with Gasteiger partial charge in [0.2, 0.25) is 5.91 Å². The van der Waals surface area contributed by atoms with Crippen LogP contribution in [0.4, 0.5) is 8.78 Å². The minimum Gasteiger partial charge on any atom is -0.381 e. The van der Waals surface area contributed by atoms with Crippen molar-refractivity contribution < 1.29 is 18.3 Å². The van der Waals surface area contributed by atoms with Crippen LogP contribution in [0.3, 0.4) is 0 Å². The molecule has 138 valence electrons.